The highest BCUT2D eigenvalue weighted by Gasteiger charge is 2.21. The molecule has 5 nitrogen and oxygen atoms in total. The van der Waals surface area contributed by atoms with Gasteiger partial charge in [0.1, 0.15) is 5.75 Å². The Bertz CT molecular complexity index is 761. The predicted molar refractivity (Wildman–Crippen MR) is 97.8 cm³/mol. The van der Waals surface area contributed by atoms with Gasteiger partial charge >= 0.3 is 0 Å². The summed E-state index contributed by atoms with van der Waals surface area (Å²) in [6, 6.07) is 12.8. The molecule has 1 amide bonds. The molecule has 1 aliphatic rings. The molecule has 0 unspecified atom stereocenters. The first-order valence-corrected chi connectivity index (χ1v) is 9.21. The smallest absolute Gasteiger partial charge is 0.260 e. The van der Waals surface area contributed by atoms with Crippen LogP contribution in [0.1, 0.15) is 10.4 Å². The molecule has 1 aromatic heterocycles. The van der Waals surface area contributed by atoms with Crippen molar-refractivity contribution in [2.45, 2.75) is 6.54 Å². The first-order valence-electron chi connectivity index (χ1n) is 8.01. The number of benzene rings is 1. The molecular formula is C18H18ClN3O2S. The van der Waals surface area contributed by atoms with E-state index in [1.54, 1.807) is 35.6 Å². The Kier molecular flexibility index (Phi) is 5.92. The summed E-state index contributed by atoms with van der Waals surface area (Å²) >= 11 is 7.56. The van der Waals surface area contributed by atoms with Crippen molar-refractivity contribution >= 4 is 28.8 Å². The third kappa shape index (κ3) is 4.95. The van der Waals surface area contributed by atoms with E-state index in [-0.39, 0.29) is 12.5 Å². The van der Waals surface area contributed by atoms with Crippen LogP contribution in [0.3, 0.4) is 0 Å². The number of amides is 1. The Morgan fingerprint density at radius 1 is 1.16 bits per heavy atom. The van der Waals surface area contributed by atoms with Crippen molar-refractivity contribution in [2.75, 3.05) is 32.8 Å². The average Bonchev–Trinajstić information content (AvgIpc) is 3.05. The zero-order valence-corrected chi connectivity index (χ0v) is 15.2. The van der Waals surface area contributed by atoms with Gasteiger partial charge < -0.3 is 9.64 Å². The minimum Gasteiger partial charge on any atom is -0.484 e. The molecule has 0 atom stereocenters. The molecule has 1 saturated heterocycles. The Labute approximate surface area is 156 Å². The lowest BCUT2D eigenvalue weighted by molar-refractivity contribution is -0.135. The van der Waals surface area contributed by atoms with Crippen LogP contribution in [0, 0.1) is 11.3 Å². The highest BCUT2D eigenvalue weighted by Crippen LogP contribution is 2.23. The lowest BCUT2D eigenvalue weighted by atomic mass is 10.2. The average molecular weight is 376 g/mol. The van der Waals surface area contributed by atoms with Gasteiger partial charge in [0.25, 0.3) is 5.91 Å². The second kappa shape index (κ2) is 8.34. The van der Waals surface area contributed by atoms with Crippen LogP contribution in [-0.4, -0.2) is 48.5 Å². The molecule has 1 aliphatic heterocycles. The maximum Gasteiger partial charge on any atom is 0.260 e. The second-order valence-electron chi connectivity index (χ2n) is 5.79. The fraction of sp³-hybridized carbons (Fsp3) is 0.333. The van der Waals surface area contributed by atoms with Crippen molar-refractivity contribution in [3.05, 3.63) is 51.2 Å². The van der Waals surface area contributed by atoms with Gasteiger partial charge in [-0.15, -0.1) is 11.3 Å². The largest absolute Gasteiger partial charge is 0.484 e. The molecule has 130 valence electrons. The van der Waals surface area contributed by atoms with E-state index >= 15 is 0 Å². The third-order valence-corrected chi connectivity index (χ3v) is 5.29. The summed E-state index contributed by atoms with van der Waals surface area (Å²) in [7, 11) is 0. The summed E-state index contributed by atoms with van der Waals surface area (Å²) in [5.41, 5.74) is 0.571. The number of hydrogen-bond acceptors (Lipinski definition) is 5. The van der Waals surface area contributed by atoms with Crippen LogP contribution in [0.2, 0.25) is 4.34 Å². The van der Waals surface area contributed by atoms with E-state index in [1.807, 2.05) is 11.0 Å². The first-order chi connectivity index (χ1) is 12.1. The van der Waals surface area contributed by atoms with E-state index < -0.39 is 0 Å². The summed E-state index contributed by atoms with van der Waals surface area (Å²) in [6.45, 7) is 3.99. The molecule has 25 heavy (non-hydrogen) atoms. The topological polar surface area (TPSA) is 56.6 Å². The standard InChI is InChI=1S/C18H18ClN3O2S/c19-17-6-5-16(25-17)12-21-7-9-22(10-8-21)18(23)13-24-15-3-1-14(11-20)2-4-15/h1-6H,7-10,12-13H2. The number of thiophene rings is 1. The number of hydrogen-bond donors (Lipinski definition) is 0. The number of nitrogens with zero attached hydrogens (tertiary/aromatic N) is 3. The minimum absolute atomic E-state index is 0.0109. The van der Waals surface area contributed by atoms with Crippen LogP contribution in [0.5, 0.6) is 5.75 Å². The van der Waals surface area contributed by atoms with Gasteiger partial charge in [-0.05, 0) is 36.4 Å². The van der Waals surface area contributed by atoms with Crippen molar-refractivity contribution in [3.63, 3.8) is 0 Å². The highest BCUT2D eigenvalue weighted by atomic mass is 35.5. The molecular weight excluding hydrogens is 358 g/mol. The monoisotopic (exact) mass is 375 g/mol. The van der Waals surface area contributed by atoms with E-state index in [0.29, 0.717) is 24.4 Å². The molecule has 0 saturated carbocycles. The summed E-state index contributed by atoms with van der Waals surface area (Å²) in [5.74, 6) is 0.587. The number of carbonyl (C=O) groups excluding carboxylic acids is 1. The van der Waals surface area contributed by atoms with Crippen molar-refractivity contribution in [2.24, 2.45) is 0 Å². The lowest BCUT2D eigenvalue weighted by Gasteiger charge is -2.34. The maximum absolute atomic E-state index is 12.3. The van der Waals surface area contributed by atoms with Crippen molar-refractivity contribution in [3.8, 4) is 11.8 Å². The zero-order chi connectivity index (χ0) is 17.6. The van der Waals surface area contributed by atoms with Gasteiger partial charge in [0.05, 0.1) is 16.0 Å². The van der Waals surface area contributed by atoms with Crippen molar-refractivity contribution < 1.29 is 9.53 Å². The van der Waals surface area contributed by atoms with Crippen LogP contribution in [0.25, 0.3) is 0 Å². The van der Waals surface area contributed by atoms with E-state index in [9.17, 15) is 4.79 Å². The maximum atomic E-state index is 12.3. The molecule has 0 N–H and O–H groups in total. The van der Waals surface area contributed by atoms with Gasteiger partial charge in [-0.3, -0.25) is 9.69 Å². The molecule has 7 heteroatoms. The van der Waals surface area contributed by atoms with E-state index in [0.717, 1.165) is 24.0 Å². The number of ether oxygens (including phenoxy) is 1. The number of piperazine rings is 1. The normalized spacial score (nSPS) is 15.0. The number of nitriles is 1. The number of carbonyl (C=O) groups is 1. The van der Waals surface area contributed by atoms with Crippen LogP contribution < -0.4 is 4.74 Å². The SMILES string of the molecule is N#Cc1ccc(OCC(=O)N2CCN(Cc3ccc(Cl)s3)CC2)cc1. The van der Waals surface area contributed by atoms with Gasteiger partial charge in [-0.25, -0.2) is 0 Å². The molecule has 1 aromatic carbocycles. The Morgan fingerprint density at radius 2 is 1.88 bits per heavy atom. The number of halogens is 1. The Balaban J connectivity index is 1.42. The second-order valence-corrected chi connectivity index (χ2v) is 7.59. The fourth-order valence-electron chi connectivity index (χ4n) is 2.67. The molecule has 2 heterocycles. The highest BCUT2D eigenvalue weighted by molar-refractivity contribution is 7.16. The lowest BCUT2D eigenvalue weighted by Crippen LogP contribution is -2.49. The summed E-state index contributed by atoms with van der Waals surface area (Å²) < 4.78 is 6.33. The van der Waals surface area contributed by atoms with Gasteiger partial charge in [0.15, 0.2) is 6.61 Å². The molecule has 0 bridgehead atoms. The predicted octanol–water partition coefficient (Wildman–Crippen LogP) is 3.00. The van der Waals surface area contributed by atoms with E-state index in [2.05, 4.69) is 17.0 Å². The molecule has 0 spiro atoms. The van der Waals surface area contributed by atoms with Gasteiger partial charge in [-0.2, -0.15) is 5.26 Å². The van der Waals surface area contributed by atoms with Crippen LogP contribution in [0.15, 0.2) is 36.4 Å². The summed E-state index contributed by atoms with van der Waals surface area (Å²) in [5, 5.41) is 8.77. The van der Waals surface area contributed by atoms with E-state index in [4.69, 9.17) is 21.6 Å². The molecule has 1 fully saturated rings. The van der Waals surface area contributed by atoms with E-state index in [1.165, 1.54) is 4.88 Å². The summed E-state index contributed by atoms with van der Waals surface area (Å²) in [6.07, 6.45) is 0. The fourth-order valence-corrected chi connectivity index (χ4v) is 3.80. The quantitative estimate of drug-likeness (QED) is 0.806. The van der Waals surface area contributed by atoms with Crippen LogP contribution in [0.4, 0.5) is 0 Å². The van der Waals surface area contributed by atoms with Gasteiger partial charge in [0, 0.05) is 37.6 Å². The third-order valence-electron chi connectivity index (χ3n) is 4.08. The van der Waals surface area contributed by atoms with Crippen molar-refractivity contribution in [1.82, 2.24) is 9.80 Å². The number of rotatable bonds is 5. The zero-order valence-electron chi connectivity index (χ0n) is 13.7. The van der Waals surface area contributed by atoms with Gasteiger partial charge in [0.2, 0.25) is 0 Å². The summed E-state index contributed by atoms with van der Waals surface area (Å²) in [4.78, 5) is 17.7. The Morgan fingerprint density at radius 3 is 2.48 bits per heavy atom. The molecule has 0 aliphatic carbocycles. The van der Waals surface area contributed by atoms with Crippen LogP contribution in [-0.2, 0) is 11.3 Å². The molecule has 3 rings (SSSR count). The Hall–Kier alpha value is -2.07. The van der Waals surface area contributed by atoms with Crippen LogP contribution >= 0.6 is 22.9 Å². The minimum atomic E-state index is -0.0109. The first kappa shape index (κ1) is 17.7. The van der Waals surface area contributed by atoms with Gasteiger partial charge in [-0.1, -0.05) is 11.6 Å². The molecule has 2 aromatic rings. The molecule has 0 radical (unpaired) electrons. The van der Waals surface area contributed by atoms with Crippen molar-refractivity contribution in [1.29, 1.82) is 5.26 Å².